The number of pyridine rings is 1. The SMILES string of the molecule is CCOC(=O)/C=C(\C)c1ccnc2ccc(Br)cc12. The van der Waals surface area contributed by atoms with Crippen molar-refractivity contribution >= 4 is 38.4 Å². The molecule has 0 radical (unpaired) electrons. The molecule has 0 spiro atoms. The van der Waals surface area contributed by atoms with E-state index in [9.17, 15) is 4.79 Å². The average molecular weight is 320 g/mol. The molecule has 1 aromatic heterocycles. The number of halogens is 1. The van der Waals surface area contributed by atoms with Crippen molar-refractivity contribution in [3.63, 3.8) is 0 Å². The van der Waals surface area contributed by atoms with Crippen LogP contribution in [0.25, 0.3) is 16.5 Å². The molecule has 1 heterocycles. The normalized spacial score (nSPS) is 11.6. The maximum absolute atomic E-state index is 11.5. The Kier molecular flexibility index (Phi) is 4.32. The largest absolute Gasteiger partial charge is 0.463 e. The van der Waals surface area contributed by atoms with Gasteiger partial charge in [-0.2, -0.15) is 0 Å². The van der Waals surface area contributed by atoms with Gasteiger partial charge in [-0.1, -0.05) is 15.9 Å². The summed E-state index contributed by atoms with van der Waals surface area (Å²) in [6.07, 6.45) is 3.26. The third kappa shape index (κ3) is 3.20. The van der Waals surface area contributed by atoms with Gasteiger partial charge >= 0.3 is 5.97 Å². The number of hydrogen-bond donors (Lipinski definition) is 0. The lowest BCUT2D eigenvalue weighted by Crippen LogP contribution is -2.00. The summed E-state index contributed by atoms with van der Waals surface area (Å²) in [5.74, 6) is -0.319. The number of nitrogens with zero attached hydrogens (tertiary/aromatic N) is 1. The molecule has 0 atom stereocenters. The Labute approximate surface area is 120 Å². The molecule has 0 aliphatic carbocycles. The van der Waals surface area contributed by atoms with Crippen molar-refractivity contribution in [2.24, 2.45) is 0 Å². The Balaban J connectivity index is 2.50. The third-order valence-electron chi connectivity index (χ3n) is 2.75. The number of ether oxygens (including phenoxy) is 1. The highest BCUT2D eigenvalue weighted by atomic mass is 79.9. The van der Waals surface area contributed by atoms with Crippen LogP contribution in [0.3, 0.4) is 0 Å². The highest BCUT2D eigenvalue weighted by Crippen LogP contribution is 2.26. The summed E-state index contributed by atoms with van der Waals surface area (Å²) in [4.78, 5) is 15.8. The Bertz CT molecular complexity index is 650. The van der Waals surface area contributed by atoms with E-state index in [4.69, 9.17) is 4.74 Å². The number of rotatable bonds is 3. The molecule has 0 amide bonds. The molecule has 0 aliphatic rings. The molecule has 3 nitrogen and oxygen atoms in total. The minimum atomic E-state index is -0.319. The first kappa shape index (κ1) is 13.7. The number of fused-ring (bicyclic) bond motifs is 1. The van der Waals surface area contributed by atoms with Gasteiger partial charge in [-0.3, -0.25) is 4.98 Å². The van der Waals surface area contributed by atoms with Gasteiger partial charge < -0.3 is 4.74 Å². The molecule has 0 unspecified atom stereocenters. The molecule has 0 bridgehead atoms. The minimum Gasteiger partial charge on any atom is -0.463 e. The predicted molar refractivity (Wildman–Crippen MR) is 79.7 cm³/mol. The first-order valence-electron chi connectivity index (χ1n) is 6.01. The van der Waals surface area contributed by atoms with Crippen LogP contribution in [-0.4, -0.2) is 17.6 Å². The lowest BCUT2D eigenvalue weighted by molar-refractivity contribution is -0.137. The molecule has 0 saturated heterocycles. The molecule has 4 heteroatoms. The Morgan fingerprint density at radius 3 is 2.95 bits per heavy atom. The van der Waals surface area contributed by atoms with Gasteiger partial charge in [0, 0.05) is 22.1 Å². The van der Waals surface area contributed by atoms with E-state index in [-0.39, 0.29) is 5.97 Å². The summed E-state index contributed by atoms with van der Waals surface area (Å²) in [5, 5.41) is 1.01. The van der Waals surface area contributed by atoms with Crippen LogP contribution in [0.4, 0.5) is 0 Å². The van der Waals surface area contributed by atoms with E-state index in [1.807, 2.05) is 31.2 Å². The van der Waals surface area contributed by atoms with Crippen molar-refractivity contribution in [3.05, 3.63) is 46.6 Å². The highest BCUT2D eigenvalue weighted by molar-refractivity contribution is 9.10. The monoisotopic (exact) mass is 319 g/mol. The molecule has 0 saturated carbocycles. The van der Waals surface area contributed by atoms with Gasteiger partial charge in [0.2, 0.25) is 0 Å². The fourth-order valence-electron chi connectivity index (χ4n) is 1.90. The first-order chi connectivity index (χ1) is 9.11. The first-order valence-corrected chi connectivity index (χ1v) is 6.81. The van der Waals surface area contributed by atoms with Crippen molar-refractivity contribution in [2.45, 2.75) is 13.8 Å². The number of hydrogen-bond acceptors (Lipinski definition) is 3. The van der Waals surface area contributed by atoms with E-state index < -0.39 is 0 Å². The topological polar surface area (TPSA) is 39.2 Å². The van der Waals surface area contributed by atoms with Crippen molar-refractivity contribution in [3.8, 4) is 0 Å². The number of benzene rings is 1. The van der Waals surface area contributed by atoms with Gasteiger partial charge in [0.15, 0.2) is 0 Å². The van der Waals surface area contributed by atoms with Crippen LogP contribution in [0.2, 0.25) is 0 Å². The number of carbonyl (C=O) groups is 1. The molecule has 0 N–H and O–H groups in total. The van der Waals surface area contributed by atoms with E-state index >= 15 is 0 Å². The maximum Gasteiger partial charge on any atom is 0.331 e. The van der Waals surface area contributed by atoms with Crippen molar-refractivity contribution in [1.29, 1.82) is 0 Å². The third-order valence-corrected chi connectivity index (χ3v) is 3.24. The van der Waals surface area contributed by atoms with Crippen molar-refractivity contribution in [1.82, 2.24) is 4.98 Å². The lowest BCUT2D eigenvalue weighted by Gasteiger charge is -2.07. The summed E-state index contributed by atoms with van der Waals surface area (Å²) in [7, 11) is 0. The number of allylic oxidation sites excluding steroid dienone is 1. The molecule has 0 fully saturated rings. The Hall–Kier alpha value is -1.68. The molecular formula is C15H14BrNO2. The second-order valence-corrected chi connectivity index (χ2v) is 5.02. The predicted octanol–water partition coefficient (Wildman–Crippen LogP) is 3.96. The van der Waals surface area contributed by atoms with E-state index in [2.05, 4.69) is 20.9 Å². The molecule has 98 valence electrons. The summed E-state index contributed by atoms with van der Waals surface area (Å²) in [6.45, 7) is 4.07. The van der Waals surface area contributed by atoms with Crippen LogP contribution in [-0.2, 0) is 9.53 Å². The van der Waals surface area contributed by atoms with Gasteiger partial charge in [-0.05, 0) is 49.2 Å². The summed E-state index contributed by atoms with van der Waals surface area (Å²) in [5.41, 5.74) is 2.75. The second-order valence-electron chi connectivity index (χ2n) is 4.10. The molecule has 0 aliphatic heterocycles. The standard InChI is InChI=1S/C15H14BrNO2/c1-3-19-15(18)8-10(2)12-6-7-17-14-5-4-11(16)9-13(12)14/h4-9H,3H2,1-2H3/b10-8+. The van der Waals surface area contributed by atoms with E-state index in [0.717, 1.165) is 26.5 Å². The molecule has 2 rings (SSSR count). The van der Waals surface area contributed by atoms with Crippen LogP contribution in [0.1, 0.15) is 19.4 Å². The summed E-state index contributed by atoms with van der Waals surface area (Å²) in [6, 6.07) is 7.80. The molecule has 1 aromatic carbocycles. The van der Waals surface area contributed by atoms with Crippen LogP contribution in [0.15, 0.2) is 41.0 Å². The zero-order valence-electron chi connectivity index (χ0n) is 10.8. The van der Waals surface area contributed by atoms with Crippen molar-refractivity contribution in [2.75, 3.05) is 6.61 Å². The average Bonchev–Trinajstić information content (AvgIpc) is 2.38. The van der Waals surface area contributed by atoms with E-state index in [1.54, 1.807) is 13.1 Å². The highest BCUT2D eigenvalue weighted by Gasteiger charge is 2.06. The van der Waals surface area contributed by atoms with E-state index in [1.165, 1.54) is 6.08 Å². The van der Waals surface area contributed by atoms with Crippen molar-refractivity contribution < 1.29 is 9.53 Å². The molecule has 2 aromatic rings. The fraction of sp³-hybridized carbons (Fsp3) is 0.200. The van der Waals surface area contributed by atoms with Gasteiger partial charge in [0.25, 0.3) is 0 Å². The minimum absolute atomic E-state index is 0.319. The Morgan fingerprint density at radius 2 is 2.21 bits per heavy atom. The zero-order chi connectivity index (χ0) is 13.8. The fourth-order valence-corrected chi connectivity index (χ4v) is 2.26. The number of aromatic nitrogens is 1. The Morgan fingerprint density at radius 1 is 1.42 bits per heavy atom. The second kappa shape index (κ2) is 5.97. The van der Waals surface area contributed by atoms with Gasteiger partial charge in [0.1, 0.15) is 0 Å². The number of esters is 1. The lowest BCUT2D eigenvalue weighted by atomic mass is 10.0. The van der Waals surface area contributed by atoms with Crippen LogP contribution >= 0.6 is 15.9 Å². The van der Waals surface area contributed by atoms with Gasteiger partial charge in [0.05, 0.1) is 12.1 Å². The van der Waals surface area contributed by atoms with Gasteiger partial charge in [-0.25, -0.2) is 4.79 Å². The van der Waals surface area contributed by atoms with Gasteiger partial charge in [-0.15, -0.1) is 0 Å². The summed E-state index contributed by atoms with van der Waals surface area (Å²) >= 11 is 3.45. The van der Waals surface area contributed by atoms with E-state index in [0.29, 0.717) is 6.61 Å². The van der Waals surface area contributed by atoms with Crippen LogP contribution in [0.5, 0.6) is 0 Å². The maximum atomic E-state index is 11.5. The van der Waals surface area contributed by atoms with Crippen LogP contribution < -0.4 is 0 Å². The number of carbonyl (C=O) groups excluding carboxylic acids is 1. The quantitative estimate of drug-likeness (QED) is 0.635. The smallest absolute Gasteiger partial charge is 0.331 e. The molecule has 19 heavy (non-hydrogen) atoms. The van der Waals surface area contributed by atoms with Crippen LogP contribution in [0, 0.1) is 0 Å². The summed E-state index contributed by atoms with van der Waals surface area (Å²) < 4.78 is 5.91. The zero-order valence-corrected chi connectivity index (χ0v) is 12.4. The molecular weight excluding hydrogens is 306 g/mol.